The molecule has 15 N–H and O–H groups in total. The van der Waals surface area contributed by atoms with Crippen LogP contribution in [-0.4, -0.2) is 120 Å². The Hall–Kier alpha value is -4.20. The number of rotatable bonds is 11. The molecule has 18 heteroatoms. The molecule has 1 unspecified atom stereocenters. The van der Waals surface area contributed by atoms with Crippen LogP contribution < -0.4 is 54.4 Å². The summed E-state index contributed by atoms with van der Waals surface area (Å²) in [6, 6.07) is 2.04. The Labute approximate surface area is 310 Å². The van der Waals surface area contributed by atoms with Gasteiger partial charge in [-0.15, -0.1) is 0 Å². The van der Waals surface area contributed by atoms with Gasteiger partial charge >= 0.3 is 0 Å². The van der Waals surface area contributed by atoms with Crippen LogP contribution in [0.2, 0.25) is 0 Å². The van der Waals surface area contributed by atoms with Crippen LogP contribution in [0.25, 0.3) is 0 Å². The van der Waals surface area contributed by atoms with Gasteiger partial charge in [-0.1, -0.05) is 44.2 Å². The Morgan fingerprint density at radius 3 is 1.77 bits per heavy atom. The molecule has 0 spiro atoms. The number of carbonyl (C=O) groups is 6. The minimum absolute atomic E-state index is 0.00794. The van der Waals surface area contributed by atoms with E-state index in [1.807, 2.05) is 19.9 Å². The number of nitrogens with one attached hydrogen (secondary N) is 7. The number of aliphatic hydroxyl groups excluding tert-OH is 2. The van der Waals surface area contributed by atoms with Crippen molar-refractivity contribution in [2.24, 2.45) is 23.1 Å². The van der Waals surface area contributed by atoms with E-state index in [0.29, 0.717) is 0 Å². The lowest BCUT2D eigenvalue weighted by Crippen LogP contribution is -2.61. The van der Waals surface area contributed by atoms with Gasteiger partial charge in [0, 0.05) is 13.0 Å². The molecule has 0 saturated carbocycles. The quantitative estimate of drug-likeness (QED) is 0.104. The predicted molar refractivity (Wildman–Crippen MR) is 197 cm³/mol. The highest BCUT2D eigenvalue weighted by atomic mass is 16.3. The number of amides is 6. The van der Waals surface area contributed by atoms with E-state index in [4.69, 9.17) is 17.2 Å². The first-order chi connectivity index (χ1) is 25.2. The van der Waals surface area contributed by atoms with Gasteiger partial charge in [-0.2, -0.15) is 0 Å². The number of hydrogen-bond acceptors (Lipinski definition) is 12. The summed E-state index contributed by atoms with van der Waals surface area (Å²) >= 11 is 0. The number of carbonyl (C=O) groups excluding carboxylic acids is 6. The second kappa shape index (κ2) is 23.5. The first kappa shape index (κ1) is 45.0. The van der Waals surface area contributed by atoms with Gasteiger partial charge in [0.05, 0.1) is 18.2 Å². The molecule has 1 heterocycles. The van der Waals surface area contributed by atoms with E-state index in [9.17, 15) is 39.0 Å². The number of hydrogen-bond donors (Lipinski definition) is 12. The van der Waals surface area contributed by atoms with Crippen LogP contribution >= 0.6 is 0 Å². The third-order valence-corrected chi connectivity index (χ3v) is 8.64. The van der Waals surface area contributed by atoms with Crippen LogP contribution in [0.5, 0.6) is 0 Å². The molecule has 1 fully saturated rings. The molecule has 0 aromatic heterocycles. The summed E-state index contributed by atoms with van der Waals surface area (Å²) in [6.45, 7) is 5.08. The van der Waals surface area contributed by atoms with Crippen LogP contribution in [0.3, 0.4) is 0 Å². The van der Waals surface area contributed by atoms with Crippen molar-refractivity contribution in [1.82, 2.24) is 37.2 Å². The van der Waals surface area contributed by atoms with Gasteiger partial charge in [0.1, 0.15) is 30.4 Å². The van der Waals surface area contributed by atoms with Crippen molar-refractivity contribution in [2.45, 2.75) is 114 Å². The molecule has 18 nitrogen and oxygen atoms in total. The van der Waals surface area contributed by atoms with Crippen LogP contribution in [0, 0.1) is 5.92 Å². The second-order valence-electron chi connectivity index (χ2n) is 13.7. The summed E-state index contributed by atoms with van der Waals surface area (Å²) in [5.41, 5.74) is 18.1. The van der Waals surface area contributed by atoms with Crippen molar-refractivity contribution in [3.63, 3.8) is 0 Å². The number of benzene rings is 1. The Kier molecular flexibility index (Phi) is 19.9. The molecule has 1 aliphatic rings. The maximum Gasteiger partial charge on any atom is 0.245 e. The van der Waals surface area contributed by atoms with Crippen LogP contribution in [0.4, 0.5) is 0 Å². The first-order valence-corrected chi connectivity index (χ1v) is 18.2. The maximum atomic E-state index is 13.9. The second-order valence-corrected chi connectivity index (χ2v) is 13.7. The maximum absolute atomic E-state index is 13.9. The lowest BCUT2D eigenvalue weighted by Gasteiger charge is -2.30. The van der Waals surface area contributed by atoms with Crippen molar-refractivity contribution in [3.05, 3.63) is 35.9 Å². The highest BCUT2D eigenvalue weighted by molar-refractivity contribution is 5.96. The van der Waals surface area contributed by atoms with E-state index in [1.54, 1.807) is 24.3 Å². The van der Waals surface area contributed by atoms with Crippen molar-refractivity contribution in [1.29, 1.82) is 0 Å². The normalized spacial score (nSPS) is 27.1. The van der Waals surface area contributed by atoms with Crippen molar-refractivity contribution in [3.8, 4) is 0 Å². The zero-order valence-electron chi connectivity index (χ0n) is 30.9. The molecule has 0 aliphatic carbocycles. The van der Waals surface area contributed by atoms with Gasteiger partial charge in [-0.05, 0) is 76.6 Å². The lowest BCUT2D eigenvalue weighted by atomic mass is 10.00. The Bertz CT molecular complexity index is 1330. The van der Waals surface area contributed by atoms with Gasteiger partial charge in [-0.25, -0.2) is 0 Å². The van der Waals surface area contributed by atoms with E-state index >= 15 is 0 Å². The van der Waals surface area contributed by atoms with Gasteiger partial charge in [0.25, 0.3) is 0 Å². The minimum atomic E-state index is -1.44. The Morgan fingerprint density at radius 1 is 0.698 bits per heavy atom. The predicted octanol–water partition coefficient (Wildman–Crippen LogP) is -3.69. The van der Waals surface area contributed by atoms with Gasteiger partial charge in [0.15, 0.2) is 0 Å². The van der Waals surface area contributed by atoms with E-state index in [1.165, 1.54) is 6.92 Å². The third-order valence-electron chi connectivity index (χ3n) is 8.64. The fourth-order valence-corrected chi connectivity index (χ4v) is 5.79. The average molecular weight is 749 g/mol. The zero-order valence-corrected chi connectivity index (χ0v) is 30.9. The molecule has 53 heavy (non-hydrogen) atoms. The third kappa shape index (κ3) is 15.7. The molecule has 1 aliphatic heterocycles. The molecule has 0 radical (unpaired) electrons. The number of aliphatic hydroxyl groups is 2. The first-order valence-electron chi connectivity index (χ1n) is 18.2. The SMILES string of the molecule is CC(C)C[C@@H]1NC(=O)[C@@H](Cc2ccccc2)NC(O)[C@H](CCN)NC(=O)CCCNC(=O)[C@H]([C@@H](C)O)NC(=O)[C@H](CCN)NC(=O)[C@H](CCN)NC1=O. The van der Waals surface area contributed by atoms with Crippen LogP contribution in [0.1, 0.15) is 64.9 Å². The van der Waals surface area contributed by atoms with Crippen molar-refractivity contribution >= 4 is 35.4 Å². The fraction of sp³-hybridized carbons (Fsp3) is 0.657. The molecule has 2 rings (SSSR count). The molecule has 1 saturated heterocycles. The lowest BCUT2D eigenvalue weighted by molar-refractivity contribution is -0.135. The van der Waals surface area contributed by atoms with E-state index in [2.05, 4.69) is 37.2 Å². The molecule has 298 valence electrons. The largest absolute Gasteiger partial charge is 0.391 e. The highest BCUT2D eigenvalue weighted by Gasteiger charge is 2.34. The summed E-state index contributed by atoms with van der Waals surface area (Å²) in [5.74, 6) is -4.11. The van der Waals surface area contributed by atoms with E-state index < -0.39 is 84.0 Å². The summed E-state index contributed by atoms with van der Waals surface area (Å²) in [7, 11) is 0. The smallest absolute Gasteiger partial charge is 0.245 e. The molecule has 8 atom stereocenters. The van der Waals surface area contributed by atoms with Gasteiger partial charge < -0.3 is 59.3 Å². The van der Waals surface area contributed by atoms with Crippen molar-refractivity contribution < 1.29 is 39.0 Å². The highest BCUT2D eigenvalue weighted by Crippen LogP contribution is 2.11. The molecule has 6 amide bonds. The summed E-state index contributed by atoms with van der Waals surface area (Å²) in [5, 5.41) is 40.3. The summed E-state index contributed by atoms with van der Waals surface area (Å²) in [4.78, 5) is 80.5. The fourth-order valence-electron chi connectivity index (χ4n) is 5.79. The molecule has 1 aromatic rings. The minimum Gasteiger partial charge on any atom is -0.391 e. The van der Waals surface area contributed by atoms with Gasteiger partial charge in [0.2, 0.25) is 35.4 Å². The van der Waals surface area contributed by atoms with Gasteiger partial charge in [-0.3, -0.25) is 34.1 Å². The summed E-state index contributed by atoms with van der Waals surface area (Å²) in [6.07, 6.45) is -2.27. The standard InChI is InChI=1S/C35H60N10O8/c1-20(2)18-26-33(51)42-24(12-15-37)31(49)41-25(13-16-38)32(50)45-29(21(3)46)35(53)39-17-7-10-28(47)40-23(11-14-36)30(48)44-27(34(52)43-26)19-22-8-5-4-6-9-22/h4-6,8-9,20-21,23-27,29-30,44,46,48H,7,10-19,36-38H2,1-3H3,(H,39,53)(H,40,47)(H,41,49)(H,42,51)(H,43,52)(H,45,50)/t21-,23+,24+,25+,26+,27-,29+,30?/m1/s1. The zero-order chi connectivity index (χ0) is 39.5. The topological polar surface area (TPSA) is 305 Å². The average Bonchev–Trinajstić information content (AvgIpc) is 3.10. The Balaban J connectivity index is 2.53. The number of nitrogens with two attached hydrogens (primary N) is 3. The Morgan fingerprint density at radius 2 is 1.23 bits per heavy atom. The molecule has 0 bridgehead atoms. The summed E-state index contributed by atoms with van der Waals surface area (Å²) < 4.78 is 0. The van der Waals surface area contributed by atoms with Crippen LogP contribution in [0.15, 0.2) is 30.3 Å². The van der Waals surface area contributed by atoms with Crippen LogP contribution in [-0.2, 0) is 35.2 Å². The van der Waals surface area contributed by atoms with Crippen molar-refractivity contribution in [2.75, 3.05) is 26.2 Å². The monoisotopic (exact) mass is 748 g/mol. The molecular weight excluding hydrogens is 688 g/mol. The van der Waals surface area contributed by atoms with E-state index in [-0.39, 0.29) is 77.0 Å². The molecular formula is C35H60N10O8. The molecule has 1 aromatic carbocycles. The van der Waals surface area contributed by atoms with E-state index in [0.717, 1.165) is 5.56 Å².